The first kappa shape index (κ1) is 44.1. The molecule has 0 radical (unpaired) electrons. The molecule has 0 aliphatic carbocycles. The van der Waals surface area contributed by atoms with Crippen LogP contribution in [0.1, 0.15) is 101 Å². The fraction of sp³-hybridized carbons (Fsp3) is 0.667. The van der Waals surface area contributed by atoms with Gasteiger partial charge in [0.25, 0.3) is 8.32 Å². The first-order valence-electron chi connectivity index (χ1n) is 20.5. The van der Waals surface area contributed by atoms with Gasteiger partial charge in [0.05, 0.1) is 44.7 Å². The lowest BCUT2D eigenvalue weighted by molar-refractivity contribution is -0.164. The number of hydrogen-bond acceptors (Lipinski definition) is 8. The van der Waals surface area contributed by atoms with E-state index in [0.29, 0.717) is 52.1 Å². The number of ether oxygens (including phenoxy) is 5. The van der Waals surface area contributed by atoms with Crippen LogP contribution in [-0.2, 0) is 37.3 Å². The van der Waals surface area contributed by atoms with Crippen LogP contribution < -0.4 is 10.4 Å². The zero-order chi connectivity index (χ0) is 40.3. The van der Waals surface area contributed by atoms with Gasteiger partial charge in [-0.05, 0) is 60.7 Å². The van der Waals surface area contributed by atoms with Gasteiger partial charge in [-0.25, -0.2) is 0 Å². The molecule has 0 unspecified atom stereocenters. The summed E-state index contributed by atoms with van der Waals surface area (Å²) in [7, 11) is -4.90. The molecule has 0 amide bonds. The molecule has 0 aromatic heterocycles. The fourth-order valence-electron chi connectivity index (χ4n) is 8.25. The van der Waals surface area contributed by atoms with Crippen LogP contribution in [0.2, 0.25) is 23.2 Å². The van der Waals surface area contributed by atoms with E-state index in [-0.39, 0.29) is 46.2 Å². The van der Waals surface area contributed by atoms with E-state index in [0.717, 1.165) is 12.0 Å². The minimum absolute atomic E-state index is 0.0395. The largest absolute Gasteiger partial charge is 0.411 e. The summed E-state index contributed by atoms with van der Waals surface area (Å²) in [6.07, 6.45) is 4.28. The maximum absolute atomic E-state index is 13.9. The van der Waals surface area contributed by atoms with Gasteiger partial charge in [0.2, 0.25) is 0 Å². The van der Waals surface area contributed by atoms with Crippen molar-refractivity contribution in [2.75, 3.05) is 26.4 Å². The summed E-state index contributed by atoms with van der Waals surface area (Å²) in [4.78, 5) is 13.9. The van der Waals surface area contributed by atoms with Crippen molar-refractivity contribution in [2.45, 2.75) is 161 Å². The van der Waals surface area contributed by atoms with E-state index in [4.69, 9.17) is 32.5 Å². The van der Waals surface area contributed by atoms with E-state index >= 15 is 0 Å². The molecule has 0 bridgehead atoms. The average molecular weight is 795 g/mol. The lowest BCUT2D eigenvalue weighted by Crippen LogP contribution is -2.67. The highest BCUT2D eigenvalue weighted by atomic mass is 28.4. The lowest BCUT2D eigenvalue weighted by Gasteiger charge is -2.43. The molecule has 3 aliphatic rings. The van der Waals surface area contributed by atoms with Crippen molar-refractivity contribution in [3.8, 4) is 0 Å². The number of benzene rings is 2. The van der Waals surface area contributed by atoms with Gasteiger partial charge in [-0.2, -0.15) is 0 Å². The number of hydrogen-bond donors (Lipinski definition) is 0. The van der Waals surface area contributed by atoms with Crippen molar-refractivity contribution >= 4 is 32.8 Å². The zero-order valence-electron chi connectivity index (χ0n) is 35.9. The monoisotopic (exact) mass is 794 g/mol. The summed E-state index contributed by atoms with van der Waals surface area (Å²) in [5, 5.41) is 2.40. The van der Waals surface area contributed by atoms with Crippen LogP contribution in [0.25, 0.3) is 0 Å². The van der Waals surface area contributed by atoms with Crippen LogP contribution in [-0.4, -0.2) is 84.8 Å². The summed E-state index contributed by atoms with van der Waals surface area (Å²) >= 11 is 0. The SMILES string of the molecule is C/C(=C/[C@H]1COC(C)(C)O1)CC1(CCC(=O)[C@H](C)C[C@H]2O[C@H](CO[Si](c3ccccc3)(c3ccccc3)C(C)(C)C)C[C@H]2O[Si](C)(C)C(C)(C)C)OCCO1. The quantitative estimate of drug-likeness (QED) is 0.123. The summed E-state index contributed by atoms with van der Waals surface area (Å²) in [5.74, 6) is -1.42. The van der Waals surface area contributed by atoms with Gasteiger partial charge in [-0.15, -0.1) is 0 Å². The molecule has 0 spiro atoms. The summed E-state index contributed by atoms with van der Waals surface area (Å²) in [5.41, 5.74) is 1.10. The van der Waals surface area contributed by atoms with Gasteiger partial charge >= 0.3 is 0 Å². The van der Waals surface area contributed by atoms with Gasteiger partial charge in [-0.1, -0.05) is 121 Å². The van der Waals surface area contributed by atoms with Crippen LogP contribution in [0.15, 0.2) is 72.3 Å². The first-order valence-corrected chi connectivity index (χ1v) is 25.3. The molecule has 3 saturated heterocycles. The number of rotatable bonds is 16. The second kappa shape index (κ2) is 17.5. The second-order valence-corrected chi connectivity index (χ2v) is 28.3. The van der Waals surface area contributed by atoms with Crippen LogP contribution in [0, 0.1) is 5.92 Å². The Morgan fingerprint density at radius 1 is 0.909 bits per heavy atom. The molecule has 3 heterocycles. The highest BCUT2D eigenvalue weighted by molar-refractivity contribution is 6.99. The zero-order valence-corrected chi connectivity index (χ0v) is 37.9. The van der Waals surface area contributed by atoms with Crippen molar-refractivity contribution in [2.24, 2.45) is 5.92 Å². The van der Waals surface area contributed by atoms with Crippen molar-refractivity contribution in [1.29, 1.82) is 0 Å². The predicted molar refractivity (Wildman–Crippen MR) is 225 cm³/mol. The Balaban J connectivity index is 1.29. The summed E-state index contributed by atoms with van der Waals surface area (Å²) in [6, 6.07) is 21.5. The van der Waals surface area contributed by atoms with Crippen LogP contribution in [0.3, 0.4) is 0 Å². The third-order valence-electron chi connectivity index (χ3n) is 12.2. The Labute approximate surface area is 334 Å². The Kier molecular flexibility index (Phi) is 14.0. The number of Topliss-reactive ketones (excluding diaryl/α,β-unsaturated/α-hetero) is 1. The minimum Gasteiger partial charge on any atom is -0.411 e. The molecule has 3 fully saturated rings. The molecule has 5 rings (SSSR count). The van der Waals surface area contributed by atoms with E-state index in [9.17, 15) is 4.79 Å². The molecule has 0 saturated carbocycles. The highest BCUT2D eigenvalue weighted by Crippen LogP contribution is 2.42. The van der Waals surface area contributed by atoms with Gasteiger partial charge in [-0.3, -0.25) is 4.79 Å². The molecule has 306 valence electrons. The molecule has 2 aromatic rings. The lowest BCUT2D eigenvalue weighted by atomic mass is 9.91. The molecular formula is C45H70O8Si2. The van der Waals surface area contributed by atoms with Gasteiger partial charge in [0, 0.05) is 31.6 Å². The standard InChI is InChI=1S/C45H70O8Si2/c1-33(27-36-31-49-44(9,10)52-36)30-45(47-25-26-48-45)24-23-39(46)34(2)28-40-41(53-54(11,12)42(3,4)5)29-35(51-40)32-50-55(43(6,7)8,37-19-15-13-16-20-37)38-21-17-14-18-22-38/h13-22,27,34-36,40-41H,23-26,28-32H2,1-12H3/b33-27-/t34-,35+,36+,40-,41-/m1/s1. The molecule has 2 aromatic carbocycles. The normalized spacial score (nSPS) is 25.3. The molecule has 55 heavy (non-hydrogen) atoms. The average Bonchev–Trinajstić information content (AvgIpc) is 3.81. The minimum atomic E-state index is -2.75. The van der Waals surface area contributed by atoms with E-state index < -0.39 is 28.2 Å². The topological polar surface area (TPSA) is 81.7 Å². The van der Waals surface area contributed by atoms with E-state index in [1.54, 1.807) is 0 Å². The number of carbonyl (C=O) groups is 1. The van der Waals surface area contributed by atoms with E-state index in [1.807, 2.05) is 20.8 Å². The molecule has 8 nitrogen and oxygen atoms in total. The van der Waals surface area contributed by atoms with E-state index in [2.05, 4.69) is 128 Å². The van der Waals surface area contributed by atoms with Crippen molar-refractivity contribution < 1.29 is 37.3 Å². The fourth-order valence-corrected chi connectivity index (χ4v) is 14.2. The molecule has 0 N–H and O–H groups in total. The first-order chi connectivity index (χ1) is 25.7. The van der Waals surface area contributed by atoms with Crippen molar-refractivity contribution in [3.05, 3.63) is 72.3 Å². The maximum Gasteiger partial charge on any atom is 0.261 e. The summed E-state index contributed by atoms with van der Waals surface area (Å²) in [6.45, 7) is 28.3. The van der Waals surface area contributed by atoms with E-state index in [1.165, 1.54) is 10.4 Å². The Morgan fingerprint density at radius 3 is 2.00 bits per heavy atom. The third kappa shape index (κ3) is 10.7. The maximum atomic E-state index is 13.9. The number of ketones is 1. The molecular weight excluding hydrogens is 725 g/mol. The van der Waals surface area contributed by atoms with Gasteiger partial charge in [0.15, 0.2) is 19.9 Å². The molecule has 5 atom stereocenters. The Bertz CT molecular complexity index is 1530. The third-order valence-corrected chi connectivity index (χ3v) is 21.7. The van der Waals surface area contributed by atoms with Crippen LogP contribution in [0.5, 0.6) is 0 Å². The molecule has 10 heteroatoms. The smallest absolute Gasteiger partial charge is 0.261 e. The number of carbonyl (C=O) groups excluding carboxylic acids is 1. The van der Waals surface area contributed by atoms with Crippen molar-refractivity contribution in [3.63, 3.8) is 0 Å². The van der Waals surface area contributed by atoms with Crippen molar-refractivity contribution in [1.82, 2.24) is 0 Å². The van der Waals surface area contributed by atoms with Gasteiger partial charge in [0.1, 0.15) is 11.9 Å². The van der Waals surface area contributed by atoms with Gasteiger partial charge < -0.3 is 32.5 Å². The Hall–Kier alpha value is -2.00. The summed E-state index contributed by atoms with van der Waals surface area (Å²) < 4.78 is 45.5. The predicted octanol–water partition coefficient (Wildman–Crippen LogP) is 8.72. The highest BCUT2D eigenvalue weighted by Gasteiger charge is 2.52. The van der Waals surface area contributed by atoms with Crippen LogP contribution in [0.4, 0.5) is 0 Å². The second-order valence-electron chi connectivity index (χ2n) is 19.2. The molecule has 3 aliphatic heterocycles. The Morgan fingerprint density at radius 2 is 1.49 bits per heavy atom. The van der Waals surface area contributed by atoms with Crippen LogP contribution >= 0.6 is 0 Å².